The molecule has 1 aliphatic heterocycles. The monoisotopic (exact) mass is 454 g/mol. The summed E-state index contributed by atoms with van der Waals surface area (Å²) in [6.45, 7) is 0. The fourth-order valence-electron chi connectivity index (χ4n) is 3.67. The molecule has 5 heteroatoms. The number of rotatable bonds is 4. The highest BCUT2D eigenvalue weighted by molar-refractivity contribution is 7.07. The number of hydrogen-bond donors (Lipinski definition) is 0. The van der Waals surface area contributed by atoms with Crippen LogP contribution in [0.3, 0.4) is 0 Å². The van der Waals surface area contributed by atoms with Crippen molar-refractivity contribution in [3.05, 3.63) is 138 Å². The topological polar surface area (TPSA) is 34.4 Å². The summed E-state index contributed by atoms with van der Waals surface area (Å²) in [6.07, 6.45) is 7.81. The fourth-order valence-corrected chi connectivity index (χ4v) is 4.77. The molecule has 2 heterocycles. The Balaban J connectivity index is 1.64. The maximum absolute atomic E-state index is 13.3. The zero-order chi connectivity index (χ0) is 21.9. The molecule has 1 atom stereocenters. The lowest BCUT2D eigenvalue weighted by atomic mass is 10.0. The third-order valence-electron chi connectivity index (χ3n) is 5.26. The number of hydrogen-bond acceptors (Lipinski definition) is 3. The molecule has 1 aliphatic rings. The summed E-state index contributed by atoms with van der Waals surface area (Å²) < 4.78 is 2.42. The van der Waals surface area contributed by atoms with Crippen LogP contribution in [-0.2, 0) is 0 Å². The zero-order valence-electron chi connectivity index (χ0n) is 17.1. The van der Waals surface area contributed by atoms with Crippen molar-refractivity contribution in [1.29, 1.82) is 0 Å². The largest absolute Gasteiger partial charge is 0.272 e. The van der Waals surface area contributed by atoms with E-state index in [-0.39, 0.29) is 11.6 Å². The lowest BCUT2D eigenvalue weighted by Crippen LogP contribution is -2.36. The second kappa shape index (κ2) is 8.95. The third-order valence-corrected chi connectivity index (χ3v) is 6.52. The van der Waals surface area contributed by atoms with Crippen LogP contribution in [0.15, 0.2) is 107 Å². The van der Waals surface area contributed by atoms with Gasteiger partial charge in [-0.3, -0.25) is 9.36 Å². The van der Waals surface area contributed by atoms with E-state index < -0.39 is 0 Å². The summed E-state index contributed by atoms with van der Waals surface area (Å²) in [5.41, 5.74) is 3.91. The van der Waals surface area contributed by atoms with Crippen molar-refractivity contribution in [2.45, 2.75) is 6.04 Å². The van der Waals surface area contributed by atoms with Crippen LogP contribution in [0.4, 0.5) is 0 Å². The first-order valence-corrected chi connectivity index (χ1v) is 11.4. The molecule has 0 amide bonds. The molecular formula is C27H19ClN2OS. The van der Waals surface area contributed by atoms with E-state index in [1.54, 1.807) is 4.57 Å². The SMILES string of the molecule is O=c1/c(=C/C=C/c2ccccc2)sc2n1C(c1ccc(Cl)cc1)C=C(c1ccccc1)N=2. The van der Waals surface area contributed by atoms with E-state index in [1.165, 1.54) is 11.3 Å². The molecule has 0 N–H and O–H groups in total. The van der Waals surface area contributed by atoms with Gasteiger partial charge < -0.3 is 0 Å². The van der Waals surface area contributed by atoms with Gasteiger partial charge in [0.1, 0.15) is 0 Å². The van der Waals surface area contributed by atoms with E-state index >= 15 is 0 Å². The van der Waals surface area contributed by atoms with Gasteiger partial charge in [-0.05, 0) is 41.0 Å². The maximum atomic E-state index is 13.3. The van der Waals surface area contributed by atoms with E-state index in [0.717, 1.165) is 22.4 Å². The number of fused-ring (bicyclic) bond motifs is 1. The van der Waals surface area contributed by atoms with Crippen molar-refractivity contribution in [3.63, 3.8) is 0 Å². The van der Waals surface area contributed by atoms with Crippen LogP contribution >= 0.6 is 22.9 Å². The Morgan fingerprint density at radius 3 is 2.31 bits per heavy atom. The van der Waals surface area contributed by atoms with Crippen LogP contribution in [-0.4, -0.2) is 4.57 Å². The zero-order valence-corrected chi connectivity index (χ0v) is 18.6. The molecule has 3 aromatic carbocycles. The highest BCUT2D eigenvalue weighted by atomic mass is 35.5. The number of aromatic nitrogens is 1. The molecule has 0 spiro atoms. The van der Waals surface area contributed by atoms with Crippen molar-refractivity contribution in [2.24, 2.45) is 4.99 Å². The molecule has 32 heavy (non-hydrogen) atoms. The molecule has 0 saturated heterocycles. The van der Waals surface area contributed by atoms with Crippen molar-refractivity contribution >= 4 is 40.8 Å². The van der Waals surface area contributed by atoms with Gasteiger partial charge in [-0.1, -0.05) is 108 Å². The van der Waals surface area contributed by atoms with Crippen LogP contribution in [0.5, 0.6) is 0 Å². The smallest absolute Gasteiger partial charge is 0.271 e. The van der Waals surface area contributed by atoms with Crippen LogP contribution < -0.4 is 14.9 Å². The first kappa shape index (κ1) is 20.4. The standard InChI is InChI=1S/C27H19ClN2OS/c28-22-16-14-21(15-17-22)24-18-23(20-11-5-2-6-12-20)29-27-30(24)26(31)25(32-27)13-7-10-19-8-3-1-4-9-19/h1-18,24H/b10-7+,25-13-. The maximum Gasteiger partial charge on any atom is 0.271 e. The summed E-state index contributed by atoms with van der Waals surface area (Å²) in [7, 11) is 0. The average Bonchev–Trinajstić information content (AvgIpc) is 3.16. The van der Waals surface area contributed by atoms with Gasteiger partial charge in [-0.25, -0.2) is 4.99 Å². The van der Waals surface area contributed by atoms with Crippen LogP contribution in [0, 0.1) is 0 Å². The number of halogens is 1. The summed E-state index contributed by atoms with van der Waals surface area (Å²) in [5.74, 6) is 0. The Morgan fingerprint density at radius 2 is 1.59 bits per heavy atom. The number of nitrogens with zero attached hydrogens (tertiary/aromatic N) is 2. The van der Waals surface area contributed by atoms with E-state index in [0.29, 0.717) is 14.4 Å². The van der Waals surface area contributed by atoms with Gasteiger partial charge in [-0.15, -0.1) is 0 Å². The van der Waals surface area contributed by atoms with Gasteiger partial charge in [0.15, 0.2) is 4.80 Å². The minimum atomic E-state index is -0.251. The van der Waals surface area contributed by atoms with Gasteiger partial charge in [0, 0.05) is 5.02 Å². The summed E-state index contributed by atoms with van der Waals surface area (Å²) in [6, 6.07) is 27.4. The Kier molecular flexibility index (Phi) is 5.71. The molecule has 0 bridgehead atoms. The average molecular weight is 455 g/mol. The molecule has 3 nitrogen and oxygen atoms in total. The van der Waals surface area contributed by atoms with Crippen LogP contribution in [0.25, 0.3) is 17.8 Å². The number of allylic oxidation sites excluding steroid dienone is 2. The van der Waals surface area contributed by atoms with Crippen LogP contribution in [0.1, 0.15) is 22.7 Å². The molecule has 0 aliphatic carbocycles. The minimum absolute atomic E-state index is 0.0465. The molecule has 4 aromatic rings. The fraction of sp³-hybridized carbons (Fsp3) is 0.0370. The molecule has 1 unspecified atom stereocenters. The van der Waals surface area contributed by atoms with Gasteiger partial charge in [-0.2, -0.15) is 0 Å². The first-order chi connectivity index (χ1) is 15.7. The quantitative estimate of drug-likeness (QED) is 0.411. The van der Waals surface area contributed by atoms with E-state index in [9.17, 15) is 4.79 Å². The van der Waals surface area contributed by atoms with E-state index in [1.807, 2.05) is 109 Å². The summed E-state index contributed by atoms with van der Waals surface area (Å²) >= 11 is 7.51. The lowest BCUT2D eigenvalue weighted by molar-refractivity contribution is 0.644. The Labute approximate surface area is 194 Å². The first-order valence-electron chi connectivity index (χ1n) is 10.3. The molecule has 0 saturated carbocycles. The van der Waals surface area contributed by atoms with Crippen molar-refractivity contribution < 1.29 is 0 Å². The van der Waals surface area contributed by atoms with Gasteiger partial charge in [0.25, 0.3) is 5.56 Å². The van der Waals surface area contributed by atoms with Gasteiger partial charge in [0.05, 0.1) is 16.3 Å². The highest BCUT2D eigenvalue weighted by Gasteiger charge is 2.22. The molecule has 1 aromatic heterocycles. The molecule has 156 valence electrons. The predicted octanol–water partition coefficient (Wildman–Crippen LogP) is 5.32. The summed E-state index contributed by atoms with van der Waals surface area (Å²) in [4.78, 5) is 18.9. The van der Waals surface area contributed by atoms with Gasteiger partial charge >= 0.3 is 0 Å². The predicted molar refractivity (Wildman–Crippen MR) is 133 cm³/mol. The second-order valence-corrected chi connectivity index (χ2v) is 8.83. The summed E-state index contributed by atoms with van der Waals surface area (Å²) in [5, 5.41) is 0.666. The minimum Gasteiger partial charge on any atom is -0.272 e. The van der Waals surface area contributed by atoms with Crippen molar-refractivity contribution in [2.75, 3.05) is 0 Å². The molecule has 0 radical (unpaired) electrons. The Bertz CT molecular complexity index is 1480. The lowest BCUT2D eigenvalue weighted by Gasteiger charge is -2.19. The van der Waals surface area contributed by atoms with E-state index in [4.69, 9.17) is 16.6 Å². The third kappa shape index (κ3) is 4.15. The Morgan fingerprint density at radius 1 is 0.906 bits per heavy atom. The molecule has 5 rings (SSSR count). The van der Waals surface area contributed by atoms with E-state index in [2.05, 4.69) is 0 Å². The highest BCUT2D eigenvalue weighted by Crippen LogP contribution is 2.27. The normalized spacial score (nSPS) is 16.0. The number of benzene rings is 3. The van der Waals surface area contributed by atoms with Gasteiger partial charge in [0.2, 0.25) is 0 Å². The van der Waals surface area contributed by atoms with Crippen LogP contribution in [0.2, 0.25) is 5.02 Å². The number of thiazole rings is 1. The molecule has 0 fully saturated rings. The van der Waals surface area contributed by atoms with Crippen molar-refractivity contribution in [1.82, 2.24) is 4.57 Å². The Hall–Kier alpha value is -3.47. The molecular weight excluding hydrogens is 436 g/mol. The second-order valence-electron chi connectivity index (χ2n) is 7.39. The van der Waals surface area contributed by atoms with Crippen molar-refractivity contribution in [3.8, 4) is 0 Å².